The lowest BCUT2D eigenvalue weighted by atomic mass is 10.1. The Labute approximate surface area is 125 Å². The number of aromatic carboxylic acids is 1. The molecule has 0 unspecified atom stereocenters. The van der Waals surface area contributed by atoms with Crippen molar-refractivity contribution in [2.45, 2.75) is 13.5 Å². The van der Waals surface area contributed by atoms with Crippen LogP contribution in [0.25, 0.3) is 0 Å². The van der Waals surface area contributed by atoms with Crippen molar-refractivity contribution < 1.29 is 9.90 Å². The van der Waals surface area contributed by atoms with E-state index in [2.05, 4.69) is 46.1 Å². The van der Waals surface area contributed by atoms with E-state index >= 15 is 0 Å². The maximum Gasteiger partial charge on any atom is 0.335 e. The molecule has 0 aliphatic heterocycles. The van der Waals surface area contributed by atoms with Gasteiger partial charge in [-0.1, -0.05) is 18.2 Å². The number of halogens is 1. The molecular formula is C15H14INO2. The standard InChI is InChI=1S/C15H14INO2/c1-10-5-6-13(16)8-14(10)17-9-11-3-2-4-12(7-11)15(18)19/h2-8,17H,9H2,1H3,(H,18,19). The number of hydrogen-bond acceptors (Lipinski definition) is 2. The summed E-state index contributed by atoms with van der Waals surface area (Å²) in [7, 11) is 0. The maximum absolute atomic E-state index is 10.9. The molecule has 0 amide bonds. The number of aryl methyl sites for hydroxylation is 1. The fourth-order valence-electron chi connectivity index (χ4n) is 1.80. The molecule has 0 aliphatic carbocycles. The van der Waals surface area contributed by atoms with E-state index in [1.54, 1.807) is 18.2 Å². The molecule has 0 spiro atoms. The first kappa shape index (κ1) is 13.9. The van der Waals surface area contributed by atoms with E-state index in [4.69, 9.17) is 5.11 Å². The number of carboxylic acid groups (broad SMARTS) is 1. The van der Waals surface area contributed by atoms with E-state index in [0.717, 1.165) is 11.3 Å². The van der Waals surface area contributed by atoms with Gasteiger partial charge in [0.05, 0.1) is 5.56 Å². The molecule has 98 valence electrons. The van der Waals surface area contributed by atoms with Crippen molar-refractivity contribution in [1.82, 2.24) is 0 Å². The zero-order valence-corrected chi connectivity index (χ0v) is 12.6. The predicted octanol–water partition coefficient (Wildman–Crippen LogP) is 3.91. The van der Waals surface area contributed by atoms with Gasteiger partial charge in [0.1, 0.15) is 0 Å². The van der Waals surface area contributed by atoms with Gasteiger partial charge in [-0.05, 0) is 64.9 Å². The minimum Gasteiger partial charge on any atom is -0.478 e. The molecular weight excluding hydrogens is 353 g/mol. The molecule has 0 heterocycles. The first-order valence-electron chi connectivity index (χ1n) is 5.88. The molecule has 0 radical (unpaired) electrons. The van der Waals surface area contributed by atoms with E-state index in [1.807, 2.05) is 13.0 Å². The van der Waals surface area contributed by atoms with E-state index in [0.29, 0.717) is 12.1 Å². The number of nitrogens with one attached hydrogen (secondary N) is 1. The van der Waals surface area contributed by atoms with Gasteiger partial charge >= 0.3 is 5.97 Å². The van der Waals surface area contributed by atoms with Crippen molar-refractivity contribution in [2.24, 2.45) is 0 Å². The lowest BCUT2D eigenvalue weighted by molar-refractivity contribution is 0.0697. The van der Waals surface area contributed by atoms with Gasteiger partial charge in [-0.15, -0.1) is 0 Å². The van der Waals surface area contributed by atoms with Gasteiger partial charge in [-0.3, -0.25) is 0 Å². The van der Waals surface area contributed by atoms with Crippen molar-refractivity contribution in [3.8, 4) is 0 Å². The molecule has 2 aromatic carbocycles. The molecule has 0 aliphatic rings. The van der Waals surface area contributed by atoms with Gasteiger partial charge in [-0.25, -0.2) is 4.79 Å². The largest absolute Gasteiger partial charge is 0.478 e. The number of anilines is 1. The Morgan fingerprint density at radius 3 is 2.79 bits per heavy atom. The van der Waals surface area contributed by atoms with Gasteiger partial charge in [0, 0.05) is 15.8 Å². The van der Waals surface area contributed by atoms with Crippen molar-refractivity contribution >= 4 is 34.2 Å². The Morgan fingerprint density at radius 2 is 2.05 bits per heavy atom. The highest BCUT2D eigenvalue weighted by atomic mass is 127. The Bertz CT molecular complexity index is 611. The summed E-state index contributed by atoms with van der Waals surface area (Å²) in [6.45, 7) is 2.66. The second-order valence-corrected chi connectivity index (χ2v) is 5.56. The van der Waals surface area contributed by atoms with Crippen LogP contribution in [0.15, 0.2) is 42.5 Å². The molecule has 0 fully saturated rings. The SMILES string of the molecule is Cc1ccc(I)cc1NCc1cccc(C(=O)O)c1. The number of carbonyl (C=O) groups is 1. The van der Waals surface area contributed by atoms with E-state index in [-0.39, 0.29) is 0 Å². The monoisotopic (exact) mass is 367 g/mol. The van der Waals surface area contributed by atoms with Gasteiger partial charge in [-0.2, -0.15) is 0 Å². The fraction of sp³-hybridized carbons (Fsp3) is 0.133. The zero-order valence-electron chi connectivity index (χ0n) is 10.5. The summed E-state index contributed by atoms with van der Waals surface area (Å²) >= 11 is 2.27. The number of benzene rings is 2. The van der Waals surface area contributed by atoms with Crippen molar-refractivity contribution in [2.75, 3.05) is 5.32 Å². The van der Waals surface area contributed by atoms with E-state index in [1.165, 1.54) is 9.13 Å². The number of carboxylic acids is 1. The van der Waals surface area contributed by atoms with E-state index < -0.39 is 5.97 Å². The highest BCUT2D eigenvalue weighted by Gasteiger charge is 2.04. The molecule has 2 rings (SSSR count). The molecule has 0 aromatic heterocycles. The molecule has 3 nitrogen and oxygen atoms in total. The van der Waals surface area contributed by atoms with Crippen LogP contribution in [-0.4, -0.2) is 11.1 Å². The van der Waals surface area contributed by atoms with E-state index in [9.17, 15) is 4.79 Å². The van der Waals surface area contributed by atoms with Gasteiger partial charge in [0.2, 0.25) is 0 Å². The quantitative estimate of drug-likeness (QED) is 0.806. The minimum atomic E-state index is -0.896. The summed E-state index contributed by atoms with van der Waals surface area (Å²) < 4.78 is 1.17. The summed E-state index contributed by atoms with van der Waals surface area (Å²) in [4.78, 5) is 10.9. The average molecular weight is 367 g/mol. The van der Waals surface area contributed by atoms with Crippen molar-refractivity contribution in [1.29, 1.82) is 0 Å². The van der Waals surface area contributed by atoms with Crippen molar-refractivity contribution in [3.05, 3.63) is 62.7 Å². The zero-order chi connectivity index (χ0) is 13.8. The normalized spacial score (nSPS) is 10.2. The summed E-state index contributed by atoms with van der Waals surface area (Å²) in [6, 6.07) is 13.2. The number of hydrogen-bond donors (Lipinski definition) is 2. The molecule has 2 N–H and O–H groups in total. The predicted molar refractivity (Wildman–Crippen MR) is 84.6 cm³/mol. The van der Waals surface area contributed by atoms with Crippen LogP contribution < -0.4 is 5.32 Å². The smallest absolute Gasteiger partial charge is 0.335 e. The summed E-state index contributed by atoms with van der Waals surface area (Å²) in [5.41, 5.74) is 3.53. The molecule has 0 saturated carbocycles. The second-order valence-electron chi connectivity index (χ2n) is 4.32. The van der Waals surface area contributed by atoms with Gasteiger partial charge in [0.15, 0.2) is 0 Å². The van der Waals surface area contributed by atoms with Crippen LogP contribution in [0.5, 0.6) is 0 Å². The number of rotatable bonds is 4. The van der Waals surface area contributed by atoms with Gasteiger partial charge < -0.3 is 10.4 Å². The highest BCUT2D eigenvalue weighted by Crippen LogP contribution is 2.19. The lowest BCUT2D eigenvalue weighted by Gasteiger charge is -2.10. The Hall–Kier alpha value is -1.56. The molecule has 0 saturated heterocycles. The fourth-order valence-corrected chi connectivity index (χ4v) is 2.29. The topological polar surface area (TPSA) is 49.3 Å². The highest BCUT2D eigenvalue weighted by molar-refractivity contribution is 14.1. The van der Waals surface area contributed by atoms with Crippen LogP contribution in [0.1, 0.15) is 21.5 Å². The molecule has 0 bridgehead atoms. The second kappa shape index (κ2) is 6.06. The minimum absolute atomic E-state index is 0.318. The maximum atomic E-state index is 10.9. The Kier molecular flexibility index (Phi) is 4.42. The first-order chi connectivity index (χ1) is 9.06. The van der Waals surface area contributed by atoms with Crippen LogP contribution in [0.3, 0.4) is 0 Å². The molecule has 4 heteroatoms. The third-order valence-corrected chi connectivity index (χ3v) is 3.53. The Morgan fingerprint density at radius 1 is 1.26 bits per heavy atom. The summed E-state index contributed by atoms with van der Waals surface area (Å²) in [5, 5.41) is 12.3. The van der Waals surface area contributed by atoms with Crippen molar-refractivity contribution in [3.63, 3.8) is 0 Å². The van der Waals surface area contributed by atoms with Crippen LogP contribution in [-0.2, 0) is 6.54 Å². The molecule has 19 heavy (non-hydrogen) atoms. The summed E-state index contributed by atoms with van der Waals surface area (Å²) in [5.74, 6) is -0.896. The van der Waals surface area contributed by atoms with Gasteiger partial charge in [0.25, 0.3) is 0 Å². The third kappa shape index (κ3) is 3.70. The van der Waals surface area contributed by atoms with Crippen LogP contribution in [0.4, 0.5) is 5.69 Å². The van der Waals surface area contributed by atoms with Crippen LogP contribution in [0, 0.1) is 10.5 Å². The average Bonchev–Trinajstić information content (AvgIpc) is 2.40. The third-order valence-electron chi connectivity index (χ3n) is 2.86. The van der Waals surface area contributed by atoms with Crippen LogP contribution in [0.2, 0.25) is 0 Å². The Balaban J connectivity index is 2.12. The first-order valence-corrected chi connectivity index (χ1v) is 6.96. The summed E-state index contributed by atoms with van der Waals surface area (Å²) in [6.07, 6.45) is 0. The molecule has 0 atom stereocenters. The molecule has 2 aromatic rings. The van der Waals surface area contributed by atoms with Crippen LogP contribution >= 0.6 is 22.6 Å². The lowest BCUT2D eigenvalue weighted by Crippen LogP contribution is -2.03.